The van der Waals surface area contributed by atoms with Crippen molar-refractivity contribution in [2.24, 2.45) is 0 Å². The molecule has 0 bridgehead atoms. The Balaban J connectivity index is 1.88. The molecule has 0 unspecified atom stereocenters. The van der Waals surface area contributed by atoms with E-state index in [4.69, 9.17) is 0 Å². The third-order valence-electron chi connectivity index (χ3n) is 4.59. The summed E-state index contributed by atoms with van der Waals surface area (Å²) in [5.41, 5.74) is 3.60. The van der Waals surface area contributed by atoms with Crippen LogP contribution in [-0.2, 0) is 17.6 Å². The molecule has 0 fully saturated rings. The molecule has 0 saturated heterocycles. The molecule has 122 valence electrons. The molecule has 4 rings (SSSR count). The van der Waals surface area contributed by atoms with E-state index in [1.54, 1.807) is 0 Å². The second-order valence-corrected chi connectivity index (χ2v) is 6.09. The lowest BCUT2D eigenvalue weighted by atomic mass is 9.94. The van der Waals surface area contributed by atoms with Crippen LogP contribution in [0.25, 0.3) is 11.6 Å². The number of amides is 1. The van der Waals surface area contributed by atoms with Gasteiger partial charge in [0.15, 0.2) is 0 Å². The van der Waals surface area contributed by atoms with Gasteiger partial charge in [-0.15, -0.1) is 0 Å². The number of nitrogens with one attached hydrogen (secondary N) is 2. The fraction of sp³-hybridized carbons (Fsp3) is 0.222. The van der Waals surface area contributed by atoms with Gasteiger partial charge < -0.3 is 15.4 Å². The summed E-state index contributed by atoms with van der Waals surface area (Å²) >= 11 is 0. The number of aryl methyl sites for hydroxylation is 1. The summed E-state index contributed by atoms with van der Waals surface area (Å²) in [5.74, 6) is -1.82. The second kappa shape index (κ2) is 5.33. The van der Waals surface area contributed by atoms with Gasteiger partial charge in [0.2, 0.25) is 0 Å². The van der Waals surface area contributed by atoms with Gasteiger partial charge in [0.05, 0.1) is 16.8 Å². The van der Waals surface area contributed by atoms with Crippen LogP contribution in [0, 0.1) is 5.82 Å². The number of H-pyrrole nitrogens is 1. The number of carbonyl (C=O) groups excluding carboxylic acids is 1. The molecular formula is C18H15FN2O3. The van der Waals surface area contributed by atoms with Crippen LogP contribution in [0.3, 0.4) is 0 Å². The number of anilines is 1. The summed E-state index contributed by atoms with van der Waals surface area (Å²) < 4.78 is 13.5. The van der Waals surface area contributed by atoms with Crippen molar-refractivity contribution in [3.05, 3.63) is 52.1 Å². The number of aromatic carboxylic acids is 1. The molecule has 0 spiro atoms. The normalized spacial score (nSPS) is 17.5. The van der Waals surface area contributed by atoms with E-state index >= 15 is 0 Å². The van der Waals surface area contributed by atoms with Gasteiger partial charge in [0.25, 0.3) is 5.91 Å². The van der Waals surface area contributed by atoms with Crippen LogP contribution in [-0.4, -0.2) is 22.0 Å². The highest BCUT2D eigenvalue weighted by atomic mass is 19.1. The number of aromatic amines is 1. The third-order valence-corrected chi connectivity index (χ3v) is 4.59. The molecular weight excluding hydrogens is 311 g/mol. The van der Waals surface area contributed by atoms with E-state index in [9.17, 15) is 19.1 Å². The minimum absolute atomic E-state index is 0.217. The Labute approximate surface area is 137 Å². The van der Waals surface area contributed by atoms with Gasteiger partial charge in [0.1, 0.15) is 5.82 Å². The monoisotopic (exact) mass is 326 g/mol. The number of rotatable bonds is 2. The number of carbonyl (C=O) groups is 2. The van der Waals surface area contributed by atoms with Crippen LogP contribution in [0.2, 0.25) is 0 Å². The van der Waals surface area contributed by atoms with E-state index in [-0.39, 0.29) is 17.0 Å². The molecule has 1 aliphatic carbocycles. The maximum atomic E-state index is 13.5. The van der Waals surface area contributed by atoms with Crippen molar-refractivity contribution < 1.29 is 19.1 Å². The molecule has 24 heavy (non-hydrogen) atoms. The number of aromatic nitrogens is 1. The largest absolute Gasteiger partial charge is 0.478 e. The predicted octanol–water partition coefficient (Wildman–Crippen LogP) is 3.22. The highest BCUT2D eigenvalue weighted by Crippen LogP contribution is 2.35. The Morgan fingerprint density at radius 2 is 2.04 bits per heavy atom. The number of halogens is 1. The van der Waals surface area contributed by atoms with Gasteiger partial charge in [-0.1, -0.05) is 0 Å². The molecule has 2 aromatic rings. The SMILES string of the molecule is O=C1Nc2ccc(F)cc2C1=Cc1[nH]c2c(c1C(=O)O)CCCC2. The van der Waals surface area contributed by atoms with Gasteiger partial charge in [-0.05, 0) is 55.5 Å². The van der Waals surface area contributed by atoms with Gasteiger partial charge in [0, 0.05) is 16.9 Å². The quantitative estimate of drug-likeness (QED) is 0.741. The summed E-state index contributed by atoms with van der Waals surface area (Å²) in [6, 6.07) is 4.06. The zero-order valence-corrected chi connectivity index (χ0v) is 12.8. The lowest BCUT2D eigenvalue weighted by Gasteiger charge is -2.10. The van der Waals surface area contributed by atoms with Crippen LogP contribution in [0.4, 0.5) is 10.1 Å². The van der Waals surface area contributed by atoms with Crippen LogP contribution < -0.4 is 5.32 Å². The fourth-order valence-electron chi connectivity index (χ4n) is 3.51. The number of fused-ring (bicyclic) bond motifs is 2. The van der Waals surface area contributed by atoms with Crippen LogP contribution in [0.15, 0.2) is 18.2 Å². The first kappa shape index (κ1) is 14.7. The van der Waals surface area contributed by atoms with Crippen molar-refractivity contribution in [1.82, 2.24) is 4.98 Å². The number of carboxylic acid groups (broad SMARTS) is 1. The first-order chi connectivity index (χ1) is 11.5. The zero-order valence-electron chi connectivity index (χ0n) is 12.8. The fourth-order valence-corrected chi connectivity index (χ4v) is 3.51. The molecule has 2 heterocycles. The van der Waals surface area contributed by atoms with Gasteiger partial charge in [-0.25, -0.2) is 9.18 Å². The molecule has 1 aliphatic heterocycles. The highest BCUT2D eigenvalue weighted by molar-refractivity contribution is 6.35. The third kappa shape index (κ3) is 2.22. The zero-order chi connectivity index (χ0) is 16.8. The maximum absolute atomic E-state index is 13.5. The number of hydrogen-bond donors (Lipinski definition) is 3. The lowest BCUT2D eigenvalue weighted by molar-refractivity contribution is -0.110. The Hall–Kier alpha value is -2.89. The van der Waals surface area contributed by atoms with Crippen molar-refractivity contribution in [1.29, 1.82) is 0 Å². The standard InChI is InChI=1S/C18H15FN2O3/c19-9-5-6-14-11(7-9)12(17(22)21-14)8-15-16(18(23)24)10-3-1-2-4-13(10)20-15/h5-8,20H,1-4H2,(H,21,22)(H,23,24). The minimum Gasteiger partial charge on any atom is -0.478 e. The van der Waals surface area contributed by atoms with E-state index in [1.165, 1.54) is 24.3 Å². The summed E-state index contributed by atoms with van der Waals surface area (Å²) in [5, 5.41) is 12.3. The highest BCUT2D eigenvalue weighted by Gasteiger charge is 2.28. The van der Waals surface area contributed by atoms with Crippen LogP contribution >= 0.6 is 0 Å². The number of hydrogen-bond acceptors (Lipinski definition) is 2. The Kier molecular flexibility index (Phi) is 3.26. The molecule has 3 N–H and O–H groups in total. The van der Waals surface area contributed by atoms with E-state index < -0.39 is 11.8 Å². The van der Waals surface area contributed by atoms with E-state index in [0.29, 0.717) is 23.4 Å². The number of benzene rings is 1. The van der Waals surface area contributed by atoms with E-state index in [2.05, 4.69) is 10.3 Å². The summed E-state index contributed by atoms with van der Waals surface area (Å²) in [6.07, 6.45) is 5.00. The number of carboxylic acids is 1. The van der Waals surface area contributed by atoms with Gasteiger partial charge in [-0.2, -0.15) is 0 Å². The van der Waals surface area contributed by atoms with Crippen molar-refractivity contribution >= 4 is 29.2 Å². The minimum atomic E-state index is -1.01. The Morgan fingerprint density at radius 1 is 1.25 bits per heavy atom. The molecule has 0 radical (unpaired) electrons. The average Bonchev–Trinajstić information content (AvgIpc) is 3.06. The molecule has 1 aromatic carbocycles. The molecule has 0 atom stereocenters. The van der Waals surface area contributed by atoms with Gasteiger partial charge in [-0.3, -0.25) is 4.79 Å². The molecule has 6 heteroatoms. The first-order valence-electron chi connectivity index (χ1n) is 7.84. The van der Waals surface area contributed by atoms with Crippen molar-refractivity contribution in [3.8, 4) is 0 Å². The Bertz CT molecular complexity index is 911. The van der Waals surface area contributed by atoms with Gasteiger partial charge >= 0.3 is 5.97 Å². The lowest BCUT2D eigenvalue weighted by Crippen LogP contribution is -2.07. The summed E-state index contributed by atoms with van der Waals surface area (Å²) in [4.78, 5) is 27.1. The smallest absolute Gasteiger partial charge is 0.338 e. The average molecular weight is 326 g/mol. The molecule has 1 amide bonds. The summed E-state index contributed by atoms with van der Waals surface area (Å²) in [7, 11) is 0. The van der Waals surface area contributed by atoms with E-state index in [1.807, 2.05) is 0 Å². The van der Waals surface area contributed by atoms with Crippen LogP contribution in [0.5, 0.6) is 0 Å². The topological polar surface area (TPSA) is 82.2 Å². The second-order valence-electron chi connectivity index (χ2n) is 6.09. The molecule has 0 saturated carbocycles. The molecule has 2 aliphatic rings. The first-order valence-corrected chi connectivity index (χ1v) is 7.84. The van der Waals surface area contributed by atoms with Crippen molar-refractivity contribution in [2.45, 2.75) is 25.7 Å². The summed E-state index contributed by atoms with van der Waals surface area (Å²) in [6.45, 7) is 0. The van der Waals surface area contributed by atoms with Crippen molar-refractivity contribution in [2.75, 3.05) is 5.32 Å². The maximum Gasteiger partial charge on any atom is 0.338 e. The molecule has 1 aromatic heterocycles. The molecule has 5 nitrogen and oxygen atoms in total. The van der Waals surface area contributed by atoms with E-state index in [0.717, 1.165) is 30.5 Å². The Morgan fingerprint density at radius 3 is 2.83 bits per heavy atom. The van der Waals surface area contributed by atoms with Crippen molar-refractivity contribution in [3.63, 3.8) is 0 Å². The predicted molar refractivity (Wildman–Crippen MR) is 87.3 cm³/mol. The van der Waals surface area contributed by atoms with Crippen LogP contribution in [0.1, 0.15) is 45.7 Å².